The molecule has 0 saturated heterocycles. The van der Waals surface area contributed by atoms with Gasteiger partial charge in [0.15, 0.2) is 0 Å². The zero-order valence-electron chi connectivity index (χ0n) is 14.1. The molecule has 2 N–H and O–H groups in total. The number of hydrogen-bond donors (Lipinski definition) is 2. The Hall–Kier alpha value is -1.30. The number of fused-ring (bicyclic) bond motifs is 1. The first-order chi connectivity index (χ1) is 10.7. The van der Waals surface area contributed by atoms with Crippen LogP contribution in [0.2, 0.25) is 0 Å². The van der Waals surface area contributed by atoms with Crippen molar-refractivity contribution in [2.24, 2.45) is 0 Å². The van der Waals surface area contributed by atoms with Crippen LogP contribution >= 0.6 is 0 Å². The van der Waals surface area contributed by atoms with E-state index in [1.807, 2.05) is 0 Å². The molecule has 1 heterocycles. The fourth-order valence-electron chi connectivity index (χ4n) is 3.28. The van der Waals surface area contributed by atoms with Gasteiger partial charge in [0, 0.05) is 42.4 Å². The van der Waals surface area contributed by atoms with Crippen molar-refractivity contribution >= 4 is 0 Å². The van der Waals surface area contributed by atoms with Crippen LogP contribution in [0.3, 0.4) is 0 Å². The van der Waals surface area contributed by atoms with E-state index in [0.717, 1.165) is 36.4 Å². The number of nitrogens with zero attached hydrogens (tertiary/aromatic N) is 1. The van der Waals surface area contributed by atoms with E-state index >= 15 is 0 Å². The minimum absolute atomic E-state index is 0.132. The highest BCUT2D eigenvalue weighted by Crippen LogP contribution is 2.39. The summed E-state index contributed by atoms with van der Waals surface area (Å²) < 4.78 is 11.3. The van der Waals surface area contributed by atoms with Gasteiger partial charge in [-0.05, 0) is 26.0 Å². The maximum absolute atomic E-state index is 8.94. The van der Waals surface area contributed by atoms with Crippen LogP contribution in [-0.4, -0.2) is 50.5 Å². The van der Waals surface area contributed by atoms with Crippen molar-refractivity contribution in [2.75, 3.05) is 34.4 Å². The smallest absolute Gasteiger partial charge is 0.127 e. The first kappa shape index (κ1) is 17.1. The van der Waals surface area contributed by atoms with E-state index in [2.05, 4.69) is 30.3 Å². The van der Waals surface area contributed by atoms with Crippen LogP contribution < -0.4 is 14.8 Å². The maximum atomic E-state index is 8.94. The first-order valence-corrected chi connectivity index (χ1v) is 7.93. The minimum atomic E-state index is 0.132. The Morgan fingerprint density at radius 3 is 2.68 bits per heavy atom. The summed E-state index contributed by atoms with van der Waals surface area (Å²) >= 11 is 0. The molecule has 1 atom stereocenters. The average molecular weight is 308 g/mol. The van der Waals surface area contributed by atoms with Crippen molar-refractivity contribution in [3.63, 3.8) is 0 Å². The number of benzene rings is 1. The van der Waals surface area contributed by atoms with Crippen LogP contribution in [0.5, 0.6) is 11.5 Å². The van der Waals surface area contributed by atoms with Crippen LogP contribution in [0.25, 0.3) is 0 Å². The van der Waals surface area contributed by atoms with Crippen LogP contribution in [-0.2, 0) is 19.5 Å². The molecular weight excluding hydrogens is 280 g/mol. The van der Waals surface area contributed by atoms with Gasteiger partial charge in [0.2, 0.25) is 0 Å². The fourth-order valence-corrected chi connectivity index (χ4v) is 3.28. The summed E-state index contributed by atoms with van der Waals surface area (Å²) in [4.78, 5) is 2.38. The summed E-state index contributed by atoms with van der Waals surface area (Å²) in [6, 6.07) is 2.59. The van der Waals surface area contributed by atoms with E-state index in [1.54, 1.807) is 14.2 Å². The number of rotatable bonds is 7. The van der Waals surface area contributed by atoms with Gasteiger partial charge in [-0.1, -0.05) is 6.92 Å². The van der Waals surface area contributed by atoms with Gasteiger partial charge in [-0.2, -0.15) is 0 Å². The Balaban J connectivity index is 2.42. The molecular formula is C17H28N2O3. The molecule has 0 bridgehead atoms. The summed E-state index contributed by atoms with van der Waals surface area (Å²) in [6.45, 7) is 4.48. The number of likely N-dealkylation sites (N-methyl/N-ethyl adjacent to an activating group) is 1. The molecule has 0 aromatic heterocycles. The number of methoxy groups -OCH3 is 2. The molecule has 5 heteroatoms. The van der Waals surface area contributed by atoms with E-state index in [4.69, 9.17) is 14.6 Å². The topological polar surface area (TPSA) is 54.0 Å². The molecule has 2 rings (SSSR count). The molecule has 0 amide bonds. The van der Waals surface area contributed by atoms with Crippen molar-refractivity contribution in [3.05, 3.63) is 22.8 Å². The first-order valence-electron chi connectivity index (χ1n) is 7.93. The van der Waals surface area contributed by atoms with E-state index < -0.39 is 0 Å². The molecule has 0 fully saturated rings. The number of nitrogens with one attached hydrogen (secondary N) is 1. The van der Waals surface area contributed by atoms with Crippen LogP contribution in [0.1, 0.15) is 30.0 Å². The standard InChI is InChI=1S/C17H28N2O3/c1-5-13-9-14-15(11-19(13)2)16(21-3)8-12(17(14)22-4)10-18-6-7-20/h8,13,18,20H,5-7,9-11H2,1-4H3. The molecule has 22 heavy (non-hydrogen) atoms. The van der Waals surface area contributed by atoms with E-state index in [0.29, 0.717) is 19.1 Å². The highest BCUT2D eigenvalue weighted by atomic mass is 16.5. The molecule has 1 aromatic rings. The molecule has 1 aliphatic heterocycles. The van der Waals surface area contributed by atoms with E-state index in [9.17, 15) is 0 Å². The lowest BCUT2D eigenvalue weighted by atomic mass is 9.89. The second-order valence-electron chi connectivity index (χ2n) is 5.81. The number of aliphatic hydroxyl groups is 1. The molecule has 0 radical (unpaired) electrons. The third-order valence-electron chi connectivity index (χ3n) is 4.50. The van der Waals surface area contributed by atoms with Gasteiger partial charge in [0.05, 0.1) is 20.8 Å². The third kappa shape index (κ3) is 3.37. The number of ether oxygens (including phenoxy) is 2. The highest BCUT2D eigenvalue weighted by molar-refractivity contribution is 5.55. The SMILES string of the molecule is CCC1Cc2c(c(OC)cc(CNCCO)c2OC)CN1C. The molecule has 0 saturated carbocycles. The number of aliphatic hydroxyl groups excluding tert-OH is 1. The summed E-state index contributed by atoms with van der Waals surface area (Å²) in [5, 5.41) is 12.2. The average Bonchev–Trinajstić information content (AvgIpc) is 2.53. The maximum Gasteiger partial charge on any atom is 0.127 e. The monoisotopic (exact) mass is 308 g/mol. The van der Waals surface area contributed by atoms with Gasteiger partial charge in [0.25, 0.3) is 0 Å². The zero-order chi connectivity index (χ0) is 16.1. The third-order valence-corrected chi connectivity index (χ3v) is 4.50. The number of hydrogen-bond acceptors (Lipinski definition) is 5. The van der Waals surface area contributed by atoms with Gasteiger partial charge in [-0.3, -0.25) is 4.90 Å². The molecule has 124 valence electrons. The van der Waals surface area contributed by atoms with Crippen molar-refractivity contribution < 1.29 is 14.6 Å². The minimum Gasteiger partial charge on any atom is -0.496 e. The van der Waals surface area contributed by atoms with Crippen molar-refractivity contribution in [3.8, 4) is 11.5 Å². The Morgan fingerprint density at radius 1 is 1.32 bits per heavy atom. The second kappa shape index (κ2) is 7.81. The highest BCUT2D eigenvalue weighted by Gasteiger charge is 2.28. The molecule has 1 aliphatic rings. The van der Waals surface area contributed by atoms with Gasteiger partial charge < -0.3 is 19.9 Å². The van der Waals surface area contributed by atoms with Crippen LogP contribution in [0.4, 0.5) is 0 Å². The Bertz CT molecular complexity index is 505. The lowest BCUT2D eigenvalue weighted by Gasteiger charge is -2.35. The Kier molecular flexibility index (Phi) is 6.06. The molecule has 1 unspecified atom stereocenters. The predicted octanol–water partition coefficient (Wildman–Crippen LogP) is 1.55. The molecule has 5 nitrogen and oxygen atoms in total. The molecule has 0 aliphatic carbocycles. The summed E-state index contributed by atoms with van der Waals surface area (Å²) in [5.41, 5.74) is 3.59. The van der Waals surface area contributed by atoms with E-state index in [-0.39, 0.29) is 6.61 Å². The van der Waals surface area contributed by atoms with Crippen molar-refractivity contribution in [1.82, 2.24) is 10.2 Å². The second-order valence-corrected chi connectivity index (χ2v) is 5.81. The van der Waals surface area contributed by atoms with Crippen molar-refractivity contribution in [1.29, 1.82) is 0 Å². The molecule has 0 spiro atoms. The molecule has 1 aromatic carbocycles. The summed E-state index contributed by atoms with van der Waals surface area (Å²) in [5.74, 6) is 1.89. The lowest BCUT2D eigenvalue weighted by Crippen LogP contribution is -2.37. The van der Waals surface area contributed by atoms with E-state index in [1.165, 1.54) is 11.1 Å². The van der Waals surface area contributed by atoms with Gasteiger partial charge in [0.1, 0.15) is 11.5 Å². The quantitative estimate of drug-likeness (QED) is 0.749. The van der Waals surface area contributed by atoms with Gasteiger partial charge >= 0.3 is 0 Å². The Labute approximate surface area is 133 Å². The summed E-state index contributed by atoms with van der Waals surface area (Å²) in [7, 11) is 5.62. The Morgan fingerprint density at radius 2 is 2.09 bits per heavy atom. The van der Waals surface area contributed by atoms with Gasteiger partial charge in [-0.25, -0.2) is 0 Å². The summed E-state index contributed by atoms with van der Waals surface area (Å²) in [6.07, 6.45) is 2.10. The zero-order valence-corrected chi connectivity index (χ0v) is 14.1. The normalized spacial score (nSPS) is 18.1. The largest absolute Gasteiger partial charge is 0.496 e. The van der Waals surface area contributed by atoms with Crippen molar-refractivity contribution in [2.45, 2.75) is 38.9 Å². The fraction of sp³-hybridized carbons (Fsp3) is 0.647. The van der Waals surface area contributed by atoms with Crippen LogP contribution in [0, 0.1) is 0 Å². The lowest BCUT2D eigenvalue weighted by molar-refractivity contribution is 0.203. The van der Waals surface area contributed by atoms with Gasteiger partial charge in [-0.15, -0.1) is 0 Å². The predicted molar refractivity (Wildman–Crippen MR) is 87.6 cm³/mol. The van der Waals surface area contributed by atoms with Crippen LogP contribution in [0.15, 0.2) is 6.07 Å².